The van der Waals surface area contributed by atoms with Gasteiger partial charge in [0.1, 0.15) is 0 Å². The van der Waals surface area contributed by atoms with E-state index in [-0.39, 0.29) is 0 Å². The average Bonchev–Trinajstić information content (AvgIpc) is 2.84. The number of aryl methyl sites for hydroxylation is 2. The Bertz CT molecular complexity index is 525. The van der Waals surface area contributed by atoms with Crippen LogP contribution in [0.2, 0.25) is 0 Å². The number of thiazole rings is 1. The molecule has 142 valence electrons. The Morgan fingerprint density at radius 1 is 1.24 bits per heavy atom. The SMILES string of the molecule is CCNC(=NCCN1CC(C)CC(C)C1)NCCc1nc(C)c(C)s1. The summed E-state index contributed by atoms with van der Waals surface area (Å²) in [7, 11) is 0. The van der Waals surface area contributed by atoms with Crippen molar-refractivity contribution in [2.45, 2.75) is 47.5 Å². The van der Waals surface area contributed by atoms with E-state index in [2.05, 4.69) is 55.1 Å². The van der Waals surface area contributed by atoms with Crippen LogP contribution in [-0.2, 0) is 6.42 Å². The van der Waals surface area contributed by atoms with E-state index in [1.807, 2.05) is 0 Å². The second-order valence-electron chi connectivity index (χ2n) is 7.39. The topological polar surface area (TPSA) is 52.6 Å². The van der Waals surface area contributed by atoms with Gasteiger partial charge in [0.2, 0.25) is 0 Å². The quantitative estimate of drug-likeness (QED) is 0.576. The number of hydrogen-bond acceptors (Lipinski definition) is 4. The zero-order valence-corrected chi connectivity index (χ0v) is 17.4. The van der Waals surface area contributed by atoms with Crippen LogP contribution in [-0.4, -0.2) is 55.1 Å². The Labute approximate surface area is 157 Å². The molecule has 0 amide bonds. The highest BCUT2D eigenvalue weighted by Gasteiger charge is 2.21. The maximum absolute atomic E-state index is 4.75. The monoisotopic (exact) mass is 365 g/mol. The molecule has 25 heavy (non-hydrogen) atoms. The molecule has 0 spiro atoms. The number of guanidine groups is 1. The molecule has 2 N–H and O–H groups in total. The Morgan fingerprint density at radius 2 is 1.96 bits per heavy atom. The van der Waals surface area contributed by atoms with Gasteiger partial charge in [0, 0.05) is 44.0 Å². The second kappa shape index (κ2) is 10.1. The van der Waals surface area contributed by atoms with E-state index in [9.17, 15) is 0 Å². The highest BCUT2D eigenvalue weighted by molar-refractivity contribution is 7.11. The number of nitrogens with one attached hydrogen (secondary N) is 2. The number of piperidine rings is 1. The Hall–Kier alpha value is -1.14. The summed E-state index contributed by atoms with van der Waals surface area (Å²) in [4.78, 5) is 13.2. The van der Waals surface area contributed by atoms with Crippen LogP contribution in [0.5, 0.6) is 0 Å². The third kappa shape index (κ3) is 6.94. The van der Waals surface area contributed by atoms with Crippen molar-refractivity contribution in [1.29, 1.82) is 0 Å². The summed E-state index contributed by atoms with van der Waals surface area (Å²) < 4.78 is 0. The fraction of sp³-hybridized carbons (Fsp3) is 0.789. The van der Waals surface area contributed by atoms with E-state index >= 15 is 0 Å². The van der Waals surface area contributed by atoms with Crippen LogP contribution < -0.4 is 10.6 Å². The molecule has 6 heteroatoms. The third-order valence-corrected chi connectivity index (χ3v) is 5.81. The van der Waals surface area contributed by atoms with E-state index in [1.165, 1.54) is 29.4 Å². The van der Waals surface area contributed by atoms with Crippen molar-refractivity contribution in [3.8, 4) is 0 Å². The van der Waals surface area contributed by atoms with Crippen LogP contribution in [0, 0.1) is 25.7 Å². The Balaban J connectivity index is 1.75. The van der Waals surface area contributed by atoms with Crippen LogP contribution in [0.4, 0.5) is 0 Å². The van der Waals surface area contributed by atoms with E-state index in [0.717, 1.165) is 56.1 Å². The van der Waals surface area contributed by atoms with Crippen molar-refractivity contribution >= 4 is 17.3 Å². The van der Waals surface area contributed by atoms with Gasteiger partial charge in [-0.05, 0) is 39.0 Å². The van der Waals surface area contributed by atoms with Crippen molar-refractivity contribution in [3.63, 3.8) is 0 Å². The number of aliphatic imine (C=N–C) groups is 1. The predicted molar refractivity (Wildman–Crippen MR) is 109 cm³/mol. The summed E-state index contributed by atoms with van der Waals surface area (Å²) >= 11 is 1.80. The first-order chi connectivity index (χ1) is 12.0. The molecule has 1 fully saturated rings. The minimum absolute atomic E-state index is 0.810. The molecule has 2 unspecified atom stereocenters. The molecule has 5 nitrogen and oxygen atoms in total. The van der Waals surface area contributed by atoms with Crippen LogP contribution in [0.25, 0.3) is 0 Å². The number of nitrogens with zero attached hydrogens (tertiary/aromatic N) is 3. The molecular weight excluding hydrogens is 330 g/mol. The first-order valence-electron chi connectivity index (χ1n) is 9.65. The molecule has 1 aromatic rings. The van der Waals surface area contributed by atoms with Gasteiger partial charge in [-0.25, -0.2) is 4.98 Å². The molecule has 2 atom stereocenters. The predicted octanol–water partition coefficient (Wildman–Crippen LogP) is 2.84. The first-order valence-corrected chi connectivity index (χ1v) is 10.5. The highest BCUT2D eigenvalue weighted by Crippen LogP contribution is 2.20. The minimum atomic E-state index is 0.810. The number of likely N-dealkylation sites (tertiary alicyclic amines) is 1. The van der Waals surface area contributed by atoms with Crippen molar-refractivity contribution in [1.82, 2.24) is 20.5 Å². The normalized spacial score (nSPS) is 22.2. The lowest BCUT2D eigenvalue weighted by Crippen LogP contribution is -2.41. The highest BCUT2D eigenvalue weighted by atomic mass is 32.1. The molecular formula is C19H35N5S. The number of hydrogen-bond donors (Lipinski definition) is 2. The average molecular weight is 366 g/mol. The summed E-state index contributed by atoms with van der Waals surface area (Å²) in [6, 6.07) is 0. The van der Waals surface area contributed by atoms with Gasteiger partial charge >= 0.3 is 0 Å². The lowest BCUT2D eigenvalue weighted by atomic mass is 9.92. The molecule has 0 radical (unpaired) electrons. The molecule has 1 saturated heterocycles. The van der Waals surface area contributed by atoms with Crippen molar-refractivity contribution in [2.24, 2.45) is 16.8 Å². The zero-order chi connectivity index (χ0) is 18.2. The summed E-state index contributed by atoms with van der Waals surface area (Å²) in [5.41, 5.74) is 1.16. The van der Waals surface area contributed by atoms with Gasteiger partial charge in [0.25, 0.3) is 0 Å². The summed E-state index contributed by atoms with van der Waals surface area (Å²) in [6.07, 6.45) is 2.31. The van der Waals surface area contributed by atoms with Crippen LogP contribution >= 0.6 is 11.3 Å². The molecule has 1 aliphatic heterocycles. The molecule has 0 saturated carbocycles. The minimum Gasteiger partial charge on any atom is -0.357 e. The lowest BCUT2D eigenvalue weighted by Gasteiger charge is -2.34. The maximum Gasteiger partial charge on any atom is 0.191 e. The second-order valence-corrected chi connectivity index (χ2v) is 8.68. The van der Waals surface area contributed by atoms with Gasteiger partial charge in [-0.15, -0.1) is 11.3 Å². The van der Waals surface area contributed by atoms with Gasteiger partial charge < -0.3 is 15.5 Å². The molecule has 0 aromatic carbocycles. The zero-order valence-electron chi connectivity index (χ0n) is 16.6. The van der Waals surface area contributed by atoms with E-state index in [1.54, 1.807) is 11.3 Å². The molecule has 0 bridgehead atoms. The fourth-order valence-corrected chi connectivity index (χ4v) is 4.49. The summed E-state index contributed by atoms with van der Waals surface area (Å²) in [5, 5.41) is 7.99. The number of rotatable bonds is 7. The fourth-order valence-electron chi connectivity index (χ4n) is 3.55. The van der Waals surface area contributed by atoms with Crippen molar-refractivity contribution in [2.75, 3.05) is 39.3 Å². The third-order valence-electron chi connectivity index (χ3n) is 4.68. The molecule has 2 heterocycles. The van der Waals surface area contributed by atoms with E-state index in [0.29, 0.717) is 0 Å². The largest absolute Gasteiger partial charge is 0.357 e. The smallest absolute Gasteiger partial charge is 0.191 e. The Morgan fingerprint density at radius 3 is 2.56 bits per heavy atom. The van der Waals surface area contributed by atoms with Crippen LogP contribution in [0.3, 0.4) is 0 Å². The number of aromatic nitrogens is 1. The molecule has 2 rings (SSSR count). The van der Waals surface area contributed by atoms with Crippen LogP contribution in [0.15, 0.2) is 4.99 Å². The van der Waals surface area contributed by atoms with Crippen LogP contribution in [0.1, 0.15) is 42.8 Å². The van der Waals surface area contributed by atoms with Crippen molar-refractivity contribution < 1.29 is 0 Å². The summed E-state index contributed by atoms with van der Waals surface area (Å²) in [6.45, 7) is 17.1. The van der Waals surface area contributed by atoms with Gasteiger partial charge in [-0.2, -0.15) is 0 Å². The van der Waals surface area contributed by atoms with Gasteiger partial charge in [-0.3, -0.25) is 4.99 Å². The molecule has 1 aromatic heterocycles. The lowest BCUT2D eigenvalue weighted by molar-refractivity contribution is 0.145. The van der Waals surface area contributed by atoms with Gasteiger partial charge in [0.15, 0.2) is 5.96 Å². The van der Waals surface area contributed by atoms with Crippen molar-refractivity contribution in [3.05, 3.63) is 15.6 Å². The maximum atomic E-state index is 4.75. The molecule has 0 aliphatic carbocycles. The van der Waals surface area contributed by atoms with Gasteiger partial charge in [-0.1, -0.05) is 13.8 Å². The van der Waals surface area contributed by atoms with E-state index < -0.39 is 0 Å². The summed E-state index contributed by atoms with van der Waals surface area (Å²) in [5.74, 6) is 2.54. The Kier molecular flexibility index (Phi) is 8.16. The van der Waals surface area contributed by atoms with Gasteiger partial charge in [0.05, 0.1) is 17.2 Å². The van der Waals surface area contributed by atoms with E-state index in [4.69, 9.17) is 4.99 Å². The standard InChI is InChI=1S/C19H35N5S/c1-6-20-19(21-8-7-18-23-16(4)17(5)25-18)22-9-10-24-12-14(2)11-15(3)13-24/h14-15H,6-13H2,1-5H3,(H2,20,21,22). The molecule has 1 aliphatic rings. The first kappa shape index (κ1) is 20.2.